The largest absolute Gasteiger partial charge is 0.379 e. The van der Waals surface area contributed by atoms with E-state index in [0.29, 0.717) is 12.5 Å². The van der Waals surface area contributed by atoms with E-state index in [1.165, 1.54) is 16.7 Å². The molecule has 1 fully saturated rings. The second-order valence-corrected chi connectivity index (χ2v) is 9.00. The van der Waals surface area contributed by atoms with Crippen LogP contribution in [-0.2, 0) is 18.3 Å². The van der Waals surface area contributed by atoms with E-state index in [-0.39, 0.29) is 6.04 Å². The number of morpholine rings is 1. The second kappa shape index (κ2) is 11.5. The lowest BCUT2D eigenvalue weighted by atomic mass is 10.0. The Labute approximate surface area is 193 Å². The predicted molar refractivity (Wildman–Crippen MR) is 131 cm³/mol. The number of benzene rings is 1. The Morgan fingerprint density at radius 1 is 1.28 bits per heavy atom. The SMILES string of the molecule is CCNC(=NCC(c1cccc(C)c1)N1CCOCC1)N(C)Cc1cn(C)nc1C(C)C. The number of hydrogen-bond acceptors (Lipinski definition) is 4. The summed E-state index contributed by atoms with van der Waals surface area (Å²) < 4.78 is 7.52. The molecule has 0 saturated carbocycles. The van der Waals surface area contributed by atoms with Crippen LogP contribution in [0.3, 0.4) is 0 Å². The lowest BCUT2D eigenvalue weighted by molar-refractivity contribution is 0.0179. The van der Waals surface area contributed by atoms with E-state index >= 15 is 0 Å². The molecule has 1 aromatic heterocycles. The Bertz CT molecular complexity index is 884. The maximum atomic E-state index is 5.60. The number of aryl methyl sites for hydroxylation is 2. The van der Waals surface area contributed by atoms with Crippen LogP contribution in [0, 0.1) is 6.92 Å². The highest BCUT2D eigenvalue weighted by atomic mass is 16.5. The molecule has 2 aromatic rings. The molecule has 0 radical (unpaired) electrons. The van der Waals surface area contributed by atoms with Crippen molar-refractivity contribution in [1.82, 2.24) is 24.9 Å². The highest BCUT2D eigenvalue weighted by Gasteiger charge is 2.23. The Morgan fingerprint density at radius 2 is 2.03 bits per heavy atom. The summed E-state index contributed by atoms with van der Waals surface area (Å²) in [5.74, 6) is 1.32. The van der Waals surface area contributed by atoms with Crippen molar-refractivity contribution < 1.29 is 4.74 Å². The van der Waals surface area contributed by atoms with Gasteiger partial charge in [0, 0.05) is 52.0 Å². The van der Waals surface area contributed by atoms with Gasteiger partial charge in [-0.2, -0.15) is 5.10 Å². The Kier molecular flexibility index (Phi) is 8.70. The van der Waals surface area contributed by atoms with Crippen LogP contribution in [-0.4, -0.2) is 72.0 Å². The number of hydrogen-bond donors (Lipinski definition) is 1. The van der Waals surface area contributed by atoms with Crippen molar-refractivity contribution in [2.24, 2.45) is 12.0 Å². The van der Waals surface area contributed by atoms with Gasteiger partial charge in [0.1, 0.15) is 0 Å². The van der Waals surface area contributed by atoms with Crippen molar-refractivity contribution in [2.45, 2.75) is 46.2 Å². The summed E-state index contributed by atoms with van der Waals surface area (Å²) >= 11 is 0. The van der Waals surface area contributed by atoms with Gasteiger partial charge in [-0.15, -0.1) is 0 Å². The molecule has 1 aliphatic rings. The first-order chi connectivity index (χ1) is 15.4. The fourth-order valence-corrected chi connectivity index (χ4v) is 4.33. The normalized spacial score (nSPS) is 16.4. The molecule has 7 heteroatoms. The predicted octanol–water partition coefficient (Wildman–Crippen LogP) is 3.32. The highest BCUT2D eigenvalue weighted by Crippen LogP contribution is 2.24. The lowest BCUT2D eigenvalue weighted by Crippen LogP contribution is -2.42. The molecule has 2 heterocycles. The molecule has 1 saturated heterocycles. The molecular formula is C25H40N6O. The van der Waals surface area contributed by atoms with Gasteiger partial charge in [0.2, 0.25) is 0 Å². The van der Waals surface area contributed by atoms with Gasteiger partial charge in [0.15, 0.2) is 5.96 Å². The fourth-order valence-electron chi connectivity index (χ4n) is 4.33. The molecule has 7 nitrogen and oxygen atoms in total. The van der Waals surface area contributed by atoms with Gasteiger partial charge >= 0.3 is 0 Å². The average molecular weight is 441 g/mol. The number of nitrogens with one attached hydrogen (secondary N) is 1. The minimum absolute atomic E-state index is 0.241. The molecule has 32 heavy (non-hydrogen) atoms. The zero-order valence-electron chi connectivity index (χ0n) is 20.6. The molecule has 0 aliphatic carbocycles. The summed E-state index contributed by atoms with van der Waals surface area (Å²) in [6, 6.07) is 9.06. The molecule has 1 aliphatic heterocycles. The average Bonchev–Trinajstić information content (AvgIpc) is 3.14. The van der Waals surface area contributed by atoms with Crippen LogP contribution in [0.15, 0.2) is 35.5 Å². The third kappa shape index (κ3) is 6.33. The number of ether oxygens (including phenoxy) is 1. The molecule has 0 bridgehead atoms. The highest BCUT2D eigenvalue weighted by molar-refractivity contribution is 5.79. The van der Waals surface area contributed by atoms with Gasteiger partial charge in [-0.05, 0) is 25.3 Å². The Balaban J connectivity index is 1.81. The zero-order chi connectivity index (χ0) is 23.1. The van der Waals surface area contributed by atoms with E-state index in [1.807, 2.05) is 11.7 Å². The summed E-state index contributed by atoms with van der Waals surface area (Å²) in [6.45, 7) is 14.4. The van der Waals surface area contributed by atoms with Gasteiger partial charge in [-0.3, -0.25) is 14.6 Å². The van der Waals surface area contributed by atoms with Gasteiger partial charge < -0.3 is 15.0 Å². The van der Waals surface area contributed by atoms with Crippen molar-refractivity contribution in [2.75, 3.05) is 46.4 Å². The number of aromatic nitrogens is 2. The van der Waals surface area contributed by atoms with Crippen molar-refractivity contribution in [3.63, 3.8) is 0 Å². The zero-order valence-corrected chi connectivity index (χ0v) is 20.6. The van der Waals surface area contributed by atoms with Crippen LogP contribution >= 0.6 is 0 Å². The Morgan fingerprint density at radius 3 is 2.69 bits per heavy atom. The summed E-state index contributed by atoms with van der Waals surface area (Å²) in [6.07, 6.45) is 2.12. The topological polar surface area (TPSA) is 57.9 Å². The molecule has 3 rings (SSSR count). The third-order valence-electron chi connectivity index (χ3n) is 5.92. The van der Waals surface area contributed by atoms with Crippen LogP contribution < -0.4 is 5.32 Å². The molecule has 176 valence electrons. The minimum Gasteiger partial charge on any atom is -0.379 e. The lowest BCUT2D eigenvalue weighted by Gasteiger charge is -2.34. The second-order valence-electron chi connectivity index (χ2n) is 9.00. The third-order valence-corrected chi connectivity index (χ3v) is 5.92. The van der Waals surface area contributed by atoms with Gasteiger partial charge in [0.25, 0.3) is 0 Å². The van der Waals surface area contributed by atoms with Gasteiger partial charge in [-0.1, -0.05) is 43.7 Å². The maximum Gasteiger partial charge on any atom is 0.194 e. The quantitative estimate of drug-likeness (QED) is 0.504. The van der Waals surface area contributed by atoms with E-state index in [4.69, 9.17) is 9.73 Å². The molecule has 0 spiro atoms. The standard InChI is InChI=1S/C25H40N6O/c1-7-26-25(29(5)17-22-18-30(6)28-24(22)19(2)3)27-16-23(31-11-13-32-14-12-31)21-10-8-9-20(4)15-21/h8-10,15,18-19,23H,7,11-14,16-17H2,1-6H3,(H,26,27). The van der Waals surface area contributed by atoms with Crippen molar-refractivity contribution in [3.8, 4) is 0 Å². The summed E-state index contributed by atoms with van der Waals surface area (Å²) in [4.78, 5) is 9.80. The van der Waals surface area contributed by atoms with E-state index in [2.05, 4.69) is 85.4 Å². The summed E-state index contributed by atoms with van der Waals surface area (Å²) in [5, 5.41) is 8.15. The van der Waals surface area contributed by atoms with Crippen molar-refractivity contribution in [1.29, 1.82) is 0 Å². The smallest absolute Gasteiger partial charge is 0.194 e. The van der Waals surface area contributed by atoms with E-state index in [1.54, 1.807) is 0 Å². The molecule has 1 N–H and O–H groups in total. The van der Waals surface area contributed by atoms with Crippen LogP contribution in [0.5, 0.6) is 0 Å². The molecule has 0 amide bonds. The summed E-state index contributed by atoms with van der Waals surface area (Å²) in [5.41, 5.74) is 5.01. The van der Waals surface area contributed by atoms with E-state index in [0.717, 1.165) is 51.0 Å². The van der Waals surface area contributed by atoms with E-state index < -0.39 is 0 Å². The van der Waals surface area contributed by atoms with Crippen LogP contribution in [0.4, 0.5) is 0 Å². The molecule has 1 aromatic carbocycles. The molecule has 1 atom stereocenters. The van der Waals surface area contributed by atoms with Gasteiger partial charge in [0.05, 0.1) is 31.5 Å². The number of guanidine groups is 1. The summed E-state index contributed by atoms with van der Waals surface area (Å²) in [7, 11) is 4.10. The number of rotatable bonds is 8. The fraction of sp³-hybridized carbons (Fsp3) is 0.600. The van der Waals surface area contributed by atoms with Crippen LogP contribution in [0.2, 0.25) is 0 Å². The number of nitrogens with zero attached hydrogens (tertiary/aromatic N) is 5. The van der Waals surface area contributed by atoms with Crippen LogP contribution in [0.1, 0.15) is 55.1 Å². The first-order valence-electron chi connectivity index (χ1n) is 11.8. The van der Waals surface area contributed by atoms with Gasteiger partial charge in [-0.25, -0.2) is 0 Å². The van der Waals surface area contributed by atoms with Crippen molar-refractivity contribution in [3.05, 3.63) is 52.8 Å². The van der Waals surface area contributed by atoms with E-state index in [9.17, 15) is 0 Å². The molecule has 1 unspecified atom stereocenters. The first kappa shape index (κ1) is 24.3. The first-order valence-corrected chi connectivity index (χ1v) is 11.8. The monoisotopic (exact) mass is 440 g/mol. The molecular weight excluding hydrogens is 400 g/mol. The Hall–Kier alpha value is -2.38. The van der Waals surface area contributed by atoms with Crippen LogP contribution in [0.25, 0.3) is 0 Å². The number of aliphatic imine (C=N–C) groups is 1. The van der Waals surface area contributed by atoms with Crippen molar-refractivity contribution >= 4 is 5.96 Å². The minimum atomic E-state index is 0.241. The maximum absolute atomic E-state index is 5.60.